The molecule has 10 rings (SSSR count). The molecule has 4 saturated carbocycles. The van der Waals surface area contributed by atoms with E-state index in [9.17, 15) is 19.8 Å². The maximum Gasteiger partial charge on any atom is 0.304 e. The highest BCUT2D eigenvalue weighted by atomic mass is 19.1. The second kappa shape index (κ2) is 23.0. The zero-order valence-electron chi connectivity index (χ0n) is 46.9. The molecule has 0 saturated heterocycles. The molecule has 0 bridgehead atoms. The summed E-state index contributed by atoms with van der Waals surface area (Å²) in [5, 5.41) is 19.1. The van der Waals surface area contributed by atoms with Crippen LogP contribution in [0.15, 0.2) is 121 Å². The number of benzene rings is 6. The summed E-state index contributed by atoms with van der Waals surface area (Å²) >= 11 is 0. The van der Waals surface area contributed by atoms with E-state index in [1.54, 1.807) is 38.5 Å². The molecule has 0 amide bonds. The molecule has 2 unspecified atom stereocenters. The van der Waals surface area contributed by atoms with Crippen molar-refractivity contribution in [3.8, 4) is 45.3 Å². The Kier molecular flexibility index (Phi) is 16.5. The first-order chi connectivity index (χ1) is 37.2. The summed E-state index contributed by atoms with van der Waals surface area (Å²) in [4.78, 5) is 23.3. The lowest BCUT2D eigenvalue weighted by molar-refractivity contribution is -0.139. The lowest BCUT2D eigenvalue weighted by Gasteiger charge is -2.30. The zero-order valence-corrected chi connectivity index (χ0v) is 46.9. The summed E-state index contributed by atoms with van der Waals surface area (Å²) in [5.41, 5.74) is 8.79. The maximum atomic E-state index is 15.1. The minimum Gasteiger partial charge on any atom is -0.497 e. The predicted octanol–water partition coefficient (Wildman–Crippen LogP) is 17.0. The molecule has 4 aliphatic carbocycles. The van der Waals surface area contributed by atoms with Crippen LogP contribution >= 0.6 is 0 Å². The van der Waals surface area contributed by atoms with Crippen LogP contribution in [0.2, 0.25) is 0 Å². The van der Waals surface area contributed by atoms with E-state index in [1.807, 2.05) is 72.8 Å². The summed E-state index contributed by atoms with van der Waals surface area (Å²) in [6.45, 7) is 14.1. The third-order valence-corrected chi connectivity index (χ3v) is 18.2. The van der Waals surface area contributed by atoms with Gasteiger partial charge in [0.05, 0.1) is 27.1 Å². The first kappa shape index (κ1) is 56.1. The Morgan fingerprint density at radius 2 is 0.910 bits per heavy atom. The molecule has 2 N–H and O–H groups in total. The third-order valence-electron chi connectivity index (χ3n) is 18.2. The van der Waals surface area contributed by atoms with Crippen molar-refractivity contribution in [2.24, 2.45) is 22.7 Å². The monoisotopic (exact) mass is 1060 g/mol. The van der Waals surface area contributed by atoms with Gasteiger partial charge in [0.25, 0.3) is 0 Å². The number of aliphatic carboxylic acids is 2. The van der Waals surface area contributed by atoms with Gasteiger partial charge >= 0.3 is 11.9 Å². The second-order valence-corrected chi connectivity index (χ2v) is 24.6. The molecule has 4 atom stereocenters. The highest BCUT2D eigenvalue weighted by molar-refractivity contribution is 5.73. The second-order valence-electron chi connectivity index (χ2n) is 24.6. The van der Waals surface area contributed by atoms with Crippen molar-refractivity contribution in [2.75, 3.05) is 14.2 Å². The summed E-state index contributed by atoms with van der Waals surface area (Å²) in [6.07, 6.45) is 11.2. The Bertz CT molecular complexity index is 2930. The van der Waals surface area contributed by atoms with Crippen LogP contribution in [-0.2, 0) is 33.6 Å². The fourth-order valence-electron chi connectivity index (χ4n) is 13.2. The van der Waals surface area contributed by atoms with Crippen LogP contribution in [0.4, 0.5) is 8.78 Å². The van der Waals surface area contributed by atoms with Crippen LogP contribution in [0.3, 0.4) is 0 Å². The first-order valence-corrected chi connectivity index (χ1v) is 28.0. The van der Waals surface area contributed by atoms with Crippen molar-refractivity contribution in [2.45, 2.75) is 154 Å². The molecule has 0 heterocycles. The molecule has 0 spiro atoms. The Balaban J connectivity index is 0.000000190. The number of carboxylic acid groups (broad SMARTS) is 2. The van der Waals surface area contributed by atoms with E-state index in [4.69, 9.17) is 18.9 Å². The molecule has 0 radical (unpaired) electrons. The number of rotatable bonds is 20. The average Bonchev–Trinajstić information content (AvgIpc) is 4.39. The van der Waals surface area contributed by atoms with E-state index in [-0.39, 0.29) is 35.3 Å². The van der Waals surface area contributed by atoms with Crippen LogP contribution in [0.5, 0.6) is 23.0 Å². The van der Waals surface area contributed by atoms with Crippen LogP contribution in [-0.4, -0.2) is 36.4 Å². The van der Waals surface area contributed by atoms with Gasteiger partial charge in [-0.1, -0.05) is 115 Å². The molecule has 8 nitrogen and oxygen atoms in total. The van der Waals surface area contributed by atoms with Gasteiger partial charge in [0.1, 0.15) is 47.8 Å². The van der Waals surface area contributed by atoms with Crippen molar-refractivity contribution >= 4 is 11.9 Å². The standard InChI is InChI=1S/2C34H39FO4/c2*1-33(2)16-6-9-30(33)28-17-22(10-14-27(28)29-19-25(38-4)13-15-31(29)35)21-39-26-8-5-7-24(18-26)34(3,20-32(36)37)23-11-12-23/h2*5,7-8,10,13-15,17-19,23,30H,6,9,11-12,16,20-21H2,1-4H3,(H,36,37)/t2*30-,34?/m10/s1. The Labute approximate surface area is 460 Å². The zero-order chi connectivity index (χ0) is 55.6. The van der Waals surface area contributed by atoms with Gasteiger partial charge in [0, 0.05) is 22.0 Å². The summed E-state index contributed by atoms with van der Waals surface area (Å²) in [6, 6.07) is 38.1. The number of carbonyl (C=O) groups is 2. The molecule has 4 aliphatic rings. The van der Waals surface area contributed by atoms with E-state index in [1.165, 1.54) is 12.1 Å². The van der Waals surface area contributed by atoms with Gasteiger partial charge in [-0.2, -0.15) is 0 Å². The Morgan fingerprint density at radius 3 is 1.24 bits per heavy atom. The normalized spacial score (nSPS) is 19.9. The van der Waals surface area contributed by atoms with Crippen molar-refractivity contribution in [3.63, 3.8) is 0 Å². The molecule has 6 aromatic rings. The van der Waals surface area contributed by atoms with Gasteiger partial charge in [-0.15, -0.1) is 0 Å². The van der Waals surface area contributed by atoms with Crippen LogP contribution in [0.1, 0.15) is 164 Å². The average molecular weight is 1060 g/mol. The fourth-order valence-corrected chi connectivity index (χ4v) is 13.2. The lowest BCUT2D eigenvalue weighted by atomic mass is 9.75. The summed E-state index contributed by atoms with van der Waals surface area (Å²) in [5.74, 6) is 2.10. The van der Waals surface area contributed by atoms with E-state index in [0.717, 1.165) is 120 Å². The predicted molar refractivity (Wildman–Crippen MR) is 304 cm³/mol. The van der Waals surface area contributed by atoms with E-state index < -0.39 is 22.8 Å². The molecular weight excluding hydrogens is 983 g/mol. The van der Waals surface area contributed by atoms with Gasteiger partial charge in [0.2, 0.25) is 0 Å². The van der Waals surface area contributed by atoms with Crippen molar-refractivity contribution in [1.29, 1.82) is 0 Å². The largest absolute Gasteiger partial charge is 0.497 e. The lowest BCUT2D eigenvalue weighted by Crippen LogP contribution is -2.28. The molecule has 10 heteroatoms. The van der Waals surface area contributed by atoms with Crippen molar-refractivity contribution < 1.29 is 47.5 Å². The van der Waals surface area contributed by atoms with Crippen molar-refractivity contribution in [1.82, 2.24) is 0 Å². The van der Waals surface area contributed by atoms with Crippen LogP contribution < -0.4 is 18.9 Å². The highest BCUT2D eigenvalue weighted by Gasteiger charge is 2.46. The van der Waals surface area contributed by atoms with Gasteiger partial charge in [-0.25, -0.2) is 8.78 Å². The molecule has 4 fully saturated rings. The SMILES string of the molecule is COc1ccc(F)c(-c2ccc(COc3cccc(C(C)(CC(=O)O)C4CC4)c3)cc2[C@@H]2CCCC2(C)C)c1.COc1ccc(F)c(-c2ccc(COc3cccc(C(C)(CC(=O)O)C4CC4)c3)cc2[C@H]2CCCC2(C)C)c1. The van der Waals surface area contributed by atoms with Gasteiger partial charge < -0.3 is 29.2 Å². The Hall–Kier alpha value is -6.68. The van der Waals surface area contributed by atoms with Crippen LogP contribution in [0, 0.1) is 34.3 Å². The van der Waals surface area contributed by atoms with E-state index >= 15 is 8.78 Å². The number of halogens is 2. The smallest absolute Gasteiger partial charge is 0.304 e. The molecule has 78 heavy (non-hydrogen) atoms. The molecule has 0 aromatic heterocycles. The van der Waals surface area contributed by atoms with Gasteiger partial charge in [0.15, 0.2) is 0 Å². The topological polar surface area (TPSA) is 112 Å². The van der Waals surface area contributed by atoms with Crippen LogP contribution in [0.25, 0.3) is 22.3 Å². The van der Waals surface area contributed by atoms with Crippen molar-refractivity contribution in [3.05, 3.63) is 166 Å². The van der Waals surface area contributed by atoms with E-state index in [0.29, 0.717) is 59.5 Å². The summed E-state index contributed by atoms with van der Waals surface area (Å²) in [7, 11) is 3.20. The number of carboxylic acids is 2. The molecule has 6 aromatic carbocycles. The number of ether oxygens (including phenoxy) is 4. The Morgan fingerprint density at radius 1 is 0.513 bits per heavy atom. The minimum absolute atomic E-state index is 0.115. The number of methoxy groups -OCH3 is 2. The fraction of sp³-hybridized carbons (Fsp3) is 0.441. The first-order valence-electron chi connectivity index (χ1n) is 28.0. The molecule has 0 aliphatic heterocycles. The molecular formula is C68H78F2O8. The van der Waals surface area contributed by atoms with Gasteiger partial charge in [-0.05, 0) is 191 Å². The third kappa shape index (κ3) is 12.4. The quantitative estimate of drug-likeness (QED) is 0.0778. The summed E-state index contributed by atoms with van der Waals surface area (Å²) < 4.78 is 53.5. The highest BCUT2D eigenvalue weighted by Crippen LogP contribution is 2.54. The maximum absolute atomic E-state index is 15.1. The van der Waals surface area contributed by atoms with Gasteiger partial charge in [-0.3, -0.25) is 9.59 Å². The minimum atomic E-state index is -0.773. The number of hydrogen-bond acceptors (Lipinski definition) is 6. The van der Waals surface area contributed by atoms with E-state index in [2.05, 4.69) is 53.7 Å². The number of hydrogen-bond donors (Lipinski definition) is 2. The molecule has 412 valence electrons.